The summed E-state index contributed by atoms with van der Waals surface area (Å²) < 4.78 is 3.80. The summed E-state index contributed by atoms with van der Waals surface area (Å²) in [7, 11) is 1.90. The molecule has 136 valence electrons. The van der Waals surface area contributed by atoms with E-state index in [0.29, 0.717) is 25.1 Å². The number of benzene rings is 1. The van der Waals surface area contributed by atoms with Gasteiger partial charge in [0.05, 0.1) is 5.69 Å². The van der Waals surface area contributed by atoms with Gasteiger partial charge in [-0.3, -0.25) is 14.3 Å². The van der Waals surface area contributed by atoms with Crippen LogP contribution in [0.3, 0.4) is 0 Å². The first-order valence-electron chi connectivity index (χ1n) is 8.73. The lowest BCUT2D eigenvalue weighted by Crippen LogP contribution is -2.24. The van der Waals surface area contributed by atoms with E-state index in [0.717, 1.165) is 27.9 Å². The van der Waals surface area contributed by atoms with Crippen molar-refractivity contribution in [1.82, 2.24) is 19.7 Å². The first-order valence-corrected chi connectivity index (χ1v) is 8.73. The molecule has 0 fully saturated rings. The highest BCUT2D eigenvalue weighted by Crippen LogP contribution is 2.22. The number of fused-ring (bicyclic) bond motifs is 1. The molecule has 26 heavy (non-hydrogen) atoms. The van der Waals surface area contributed by atoms with Crippen LogP contribution in [0.15, 0.2) is 30.5 Å². The molecule has 2 heterocycles. The Bertz CT molecular complexity index is 981. The normalized spacial score (nSPS) is 11.1. The molecule has 6 nitrogen and oxygen atoms in total. The predicted molar refractivity (Wildman–Crippen MR) is 101 cm³/mol. The van der Waals surface area contributed by atoms with E-state index in [4.69, 9.17) is 0 Å². The van der Waals surface area contributed by atoms with E-state index in [2.05, 4.69) is 10.4 Å². The van der Waals surface area contributed by atoms with Crippen LogP contribution in [0.5, 0.6) is 0 Å². The van der Waals surface area contributed by atoms with Gasteiger partial charge in [-0.2, -0.15) is 5.10 Å². The number of aryl methyl sites for hydroxylation is 3. The lowest BCUT2D eigenvalue weighted by molar-refractivity contribution is -0.121. The Morgan fingerprint density at radius 3 is 2.58 bits per heavy atom. The zero-order valence-electron chi connectivity index (χ0n) is 15.7. The highest BCUT2D eigenvalue weighted by Gasteiger charge is 2.13. The minimum atomic E-state index is -0.0187. The summed E-state index contributed by atoms with van der Waals surface area (Å²) in [6.45, 7) is 6.53. The fraction of sp³-hybridized carbons (Fsp3) is 0.350. The number of hydrogen-bond acceptors (Lipinski definition) is 3. The Morgan fingerprint density at radius 2 is 1.92 bits per heavy atom. The Labute approximate surface area is 152 Å². The zero-order valence-corrected chi connectivity index (χ0v) is 15.7. The van der Waals surface area contributed by atoms with E-state index in [-0.39, 0.29) is 11.7 Å². The van der Waals surface area contributed by atoms with Crippen LogP contribution in [-0.4, -0.2) is 26.0 Å². The van der Waals surface area contributed by atoms with Crippen molar-refractivity contribution >= 4 is 22.6 Å². The third kappa shape index (κ3) is 3.40. The van der Waals surface area contributed by atoms with Crippen molar-refractivity contribution < 1.29 is 9.59 Å². The number of rotatable bonds is 6. The maximum Gasteiger partial charge on any atom is 0.222 e. The second-order valence-corrected chi connectivity index (χ2v) is 6.61. The van der Waals surface area contributed by atoms with Crippen molar-refractivity contribution in [2.24, 2.45) is 7.05 Å². The van der Waals surface area contributed by atoms with Crippen molar-refractivity contribution in [3.8, 4) is 0 Å². The van der Waals surface area contributed by atoms with Crippen LogP contribution >= 0.6 is 0 Å². The van der Waals surface area contributed by atoms with Gasteiger partial charge in [-0.05, 0) is 26.8 Å². The Balaban J connectivity index is 1.66. The molecule has 0 spiro atoms. The van der Waals surface area contributed by atoms with Gasteiger partial charge < -0.3 is 9.88 Å². The van der Waals surface area contributed by atoms with E-state index in [1.807, 2.05) is 60.6 Å². The van der Waals surface area contributed by atoms with E-state index in [1.54, 1.807) is 6.92 Å². The molecular weight excluding hydrogens is 328 g/mol. The second kappa shape index (κ2) is 7.15. The van der Waals surface area contributed by atoms with E-state index < -0.39 is 0 Å². The molecule has 1 amide bonds. The van der Waals surface area contributed by atoms with Gasteiger partial charge in [0, 0.05) is 60.5 Å². The predicted octanol–water partition coefficient (Wildman–Crippen LogP) is 2.90. The smallest absolute Gasteiger partial charge is 0.222 e. The van der Waals surface area contributed by atoms with Gasteiger partial charge in [0.25, 0.3) is 0 Å². The van der Waals surface area contributed by atoms with Crippen LogP contribution in [-0.2, 0) is 24.9 Å². The lowest BCUT2D eigenvalue weighted by atomic mass is 10.1. The van der Waals surface area contributed by atoms with E-state index in [9.17, 15) is 9.59 Å². The van der Waals surface area contributed by atoms with Crippen molar-refractivity contribution in [3.05, 3.63) is 53.0 Å². The van der Waals surface area contributed by atoms with Gasteiger partial charge in [-0.1, -0.05) is 18.2 Å². The average Bonchev–Trinajstić information content (AvgIpc) is 3.09. The number of ketones is 1. The number of amides is 1. The van der Waals surface area contributed by atoms with Gasteiger partial charge in [0.2, 0.25) is 5.91 Å². The molecular formula is C20H24N4O2. The number of nitrogens with zero attached hydrogens (tertiary/aromatic N) is 3. The minimum absolute atomic E-state index is 0.0187. The van der Waals surface area contributed by atoms with Crippen molar-refractivity contribution in [3.63, 3.8) is 0 Å². The van der Waals surface area contributed by atoms with Crippen LogP contribution < -0.4 is 5.32 Å². The number of aromatic nitrogens is 3. The summed E-state index contributed by atoms with van der Waals surface area (Å²) in [5, 5.41) is 8.27. The lowest BCUT2D eigenvalue weighted by Gasteiger charge is -2.08. The molecule has 0 aliphatic carbocycles. The van der Waals surface area contributed by atoms with Crippen LogP contribution in [0.2, 0.25) is 0 Å². The number of nitrogens with one attached hydrogen (secondary N) is 1. The molecule has 1 N–H and O–H groups in total. The number of para-hydroxylation sites is 1. The molecule has 0 atom stereocenters. The van der Waals surface area contributed by atoms with Crippen LogP contribution in [0.25, 0.3) is 10.9 Å². The quantitative estimate of drug-likeness (QED) is 0.694. The van der Waals surface area contributed by atoms with Gasteiger partial charge in [-0.15, -0.1) is 0 Å². The molecule has 6 heteroatoms. The molecule has 0 bridgehead atoms. The molecule has 2 aromatic heterocycles. The Morgan fingerprint density at radius 1 is 1.19 bits per heavy atom. The van der Waals surface area contributed by atoms with Gasteiger partial charge in [-0.25, -0.2) is 0 Å². The summed E-state index contributed by atoms with van der Waals surface area (Å²) in [6, 6.07) is 7.78. The molecule has 3 aromatic rings. The Hall–Kier alpha value is -2.89. The molecule has 1 aromatic carbocycles. The summed E-state index contributed by atoms with van der Waals surface area (Å²) in [5.74, 6) is 0.0155. The van der Waals surface area contributed by atoms with Crippen molar-refractivity contribution in [1.29, 1.82) is 0 Å². The average molecular weight is 352 g/mol. The van der Waals surface area contributed by atoms with Crippen molar-refractivity contribution in [2.75, 3.05) is 0 Å². The molecule has 3 rings (SSSR count). The third-order valence-electron chi connectivity index (χ3n) is 4.87. The monoisotopic (exact) mass is 352 g/mol. The zero-order chi connectivity index (χ0) is 18.8. The fourth-order valence-electron chi connectivity index (χ4n) is 3.28. The summed E-state index contributed by atoms with van der Waals surface area (Å²) in [6.07, 6.45) is 2.20. The number of carbonyl (C=O) groups is 2. The van der Waals surface area contributed by atoms with Crippen LogP contribution in [0, 0.1) is 13.8 Å². The minimum Gasteiger partial charge on any atom is -0.352 e. The summed E-state index contributed by atoms with van der Waals surface area (Å²) in [5.41, 5.74) is 4.73. The van der Waals surface area contributed by atoms with Crippen LogP contribution in [0.4, 0.5) is 0 Å². The van der Waals surface area contributed by atoms with E-state index in [1.165, 1.54) is 0 Å². The SMILES string of the molecule is CC(=O)c1cn(CCC(=O)NCc2c(C)nn(C)c2C)c2ccccc12. The number of carbonyl (C=O) groups excluding carboxylic acids is 2. The molecule has 0 unspecified atom stereocenters. The Kier molecular flexibility index (Phi) is 4.93. The standard InChI is InChI=1S/C20H24N4O2/c1-13-17(14(2)23(4)22-13)11-21-20(26)9-10-24-12-18(15(3)25)16-7-5-6-8-19(16)24/h5-8,12H,9-11H2,1-4H3,(H,21,26). The highest BCUT2D eigenvalue weighted by atomic mass is 16.1. The first-order chi connectivity index (χ1) is 12.4. The number of Topliss-reactive ketones (excluding diaryl/α,β-unsaturated/α-hetero) is 1. The first kappa shape index (κ1) is 17.9. The molecule has 0 aliphatic rings. The molecule has 0 saturated heterocycles. The van der Waals surface area contributed by atoms with Gasteiger partial charge >= 0.3 is 0 Å². The topological polar surface area (TPSA) is 68.9 Å². The van der Waals surface area contributed by atoms with Gasteiger partial charge in [0.1, 0.15) is 0 Å². The number of hydrogen-bond donors (Lipinski definition) is 1. The largest absolute Gasteiger partial charge is 0.352 e. The summed E-state index contributed by atoms with van der Waals surface area (Å²) in [4.78, 5) is 24.1. The van der Waals surface area contributed by atoms with Gasteiger partial charge in [0.15, 0.2) is 5.78 Å². The molecule has 0 saturated carbocycles. The highest BCUT2D eigenvalue weighted by molar-refractivity contribution is 6.06. The maximum atomic E-state index is 12.3. The summed E-state index contributed by atoms with van der Waals surface area (Å²) >= 11 is 0. The fourth-order valence-corrected chi connectivity index (χ4v) is 3.28. The van der Waals surface area contributed by atoms with E-state index >= 15 is 0 Å². The third-order valence-corrected chi connectivity index (χ3v) is 4.87. The van der Waals surface area contributed by atoms with Crippen LogP contribution in [0.1, 0.15) is 40.7 Å². The van der Waals surface area contributed by atoms with Crippen molar-refractivity contribution in [2.45, 2.75) is 40.3 Å². The second-order valence-electron chi connectivity index (χ2n) is 6.61. The molecule has 0 radical (unpaired) electrons. The molecule has 0 aliphatic heterocycles. The maximum absolute atomic E-state index is 12.3.